The lowest BCUT2D eigenvalue weighted by Crippen LogP contribution is -2.35. The molecule has 7 heteroatoms. The van der Waals surface area contributed by atoms with Crippen LogP contribution < -0.4 is 19.5 Å². The van der Waals surface area contributed by atoms with E-state index in [1.165, 1.54) is 20.1 Å². The number of amides is 1. The summed E-state index contributed by atoms with van der Waals surface area (Å²) in [4.78, 5) is 24.2. The van der Waals surface area contributed by atoms with Gasteiger partial charge in [0.05, 0.1) is 21.3 Å². The molecule has 0 spiro atoms. The Morgan fingerprint density at radius 1 is 0.966 bits per heavy atom. The fourth-order valence-electron chi connectivity index (χ4n) is 2.47. The number of nitrogens with one attached hydrogen (secondary N) is 1. The molecule has 0 saturated carbocycles. The van der Waals surface area contributed by atoms with Gasteiger partial charge in [-0.2, -0.15) is 0 Å². The van der Waals surface area contributed by atoms with Crippen molar-refractivity contribution in [2.75, 3.05) is 21.3 Å². The number of hydrogen-bond donors (Lipinski definition) is 1. The number of rotatable bonds is 9. The summed E-state index contributed by atoms with van der Waals surface area (Å²) in [5, 5.41) is 2.73. The van der Waals surface area contributed by atoms with E-state index in [0.29, 0.717) is 23.6 Å². The van der Waals surface area contributed by atoms with Gasteiger partial charge < -0.3 is 24.3 Å². The van der Waals surface area contributed by atoms with Crippen LogP contribution in [0.4, 0.5) is 0 Å². The van der Waals surface area contributed by atoms with Crippen molar-refractivity contribution in [1.82, 2.24) is 5.32 Å². The van der Waals surface area contributed by atoms with E-state index in [9.17, 15) is 9.59 Å². The first-order valence-electron chi connectivity index (χ1n) is 8.98. The highest BCUT2D eigenvalue weighted by Gasteiger charge is 2.16. The van der Waals surface area contributed by atoms with Crippen LogP contribution in [0.2, 0.25) is 0 Å². The fourth-order valence-corrected chi connectivity index (χ4v) is 2.47. The van der Waals surface area contributed by atoms with Gasteiger partial charge in [-0.1, -0.05) is 12.1 Å². The Hall–Kier alpha value is -3.48. The second kappa shape index (κ2) is 10.8. The summed E-state index contributed by atoms with van der Waals surface area (Å²) in [6, 6.07) is 12.5. The molecule has 7 nitrogen and oxygen atoms in total. The summed E-state index contributed by atoms with van der Waals surface area (Å²) in [6.07, 6.45) is 1.86. The van der Waals surface area contributed by atoms with Gasteiger partial charge >= 0.3 is 5.97 Å². The molecule has 2 aromatic rings. The minimum Gasteiger partial charge on any atom is -0.497 e. The summed E-state index contributed by atoms with van der Waals surface area (Å²) in [6.45, 7) is 1.84. The fraction of sp³-hybridized carbons (Fsp3) is 0.273. The second-order valence-corrected chi connectivity index (χ2v) is 6.09. The number of methoxy groups -OCH3 is 3. The number of benzene rings is 2. The van der Waals surface area contributed by atoms with Crippen molar-refractivity contribution in [2.24, 2.45) is 0 Å². The van der Waals surface area contributed by atoms with Gasteiger partial charge in [0.15, 0.2) is 6.10 Å². The van der Waals surface area contributed by atoms with Gasteiger partial charge in [0.25, 0.3) is 5.91 Å². The van der Waals surface area contributed by atoms with Gasteiger partial charge in [-0.15, -0.1) is 0 Å². The maximum absolute atomic E-state index is 12.2. The van der Waals surface area contributed by atoms with Crippen molar-refractivity contribution in [2.45, 2.75) is 19.6 Å². The summed E-state index contributed by atoms with van der Waals surface area (Å²) in [7, 11) is 4.67. The normalized spacial score (nSPS) is 11.6. The van der Waals surface area contributed by atoms with Crippen LogP contribution in [-0.2, 0) is 20.9 Å². The maximum Gasteiger partial charge on any atom is 0.331 e. The van der Waals surface area contributed by atoms with Crippen molar-refractivity contribution in [3.63, 3.8) is 0 Å². The van der Waals surface area contributed by atoms with E-state index in [2.05, 4.69) is 5.32 Å². The lowest BCUT2D eigenvalue weighted by molar-refractivity contribution is -0.150. The average Bonchev–Trinajstić information content (AvgIpc) is 2.75. The molecule has 0 heterocycles. The van der Waals surface area contributed by atoms with Crippen LogP contribution in [0.15, 0.2) is 48.5 Å². The molecule has 2 aromatic carbocycles. The Bertz CT molecular complexity index is 860. The molecule has 154 valence electrons. The molecular weight excluding hydrogens is 374 g/mol. The zero-order valence-corrected chi connectivity index (χ0v) is 16.9. The second-order valence-electron chi connectivity index (χ2n) is 6.09. The van der Waals surface area contributed by atoms with Crippen LogP contribution in [0.1, 0.15) is 18.1 Å². The third kappa shape index (κ3) is 6.57. The molecule has 1 amide bonds. The number of hydrogen-bond acceptors (Lipinski definition) is 6. The monoisotopic (exact) mass is 399 g/mol. The molecule has 0 aliphatic heterocycles. The smallest absolute Gasteiger partial charge is 0.331 e. The highest BCUT2D eigenvalue weighted by molar-refractivity contribution is 5.90. The molecule has 0 saturated heterocycles. The van der Waals surface area contributed by atoms with Crippen molar-refractivity contribution in [3.05, 3.63) is 59.7 Å². The Morgan fingerprint density at radius 2 is 1.62 bits per heavy atom. The van der Waals surface area contributed by atoms with Gasteiger partial charge in [0, 0.05) is 18.2 Å². The zero-order chi connectivity index (χ0) is 21.2. The molecule has 1 atom stereocenters. The van der Waals surface area contributed by atoms with E-state index < -0.39 is 12.1 Å². The molecule has 1 N–H and O–H groups in total. The Kier molecular flexibility index (Phi) is 8.09. The predicted octanol–water partition coefficient (Wildman–Crippen LogP) is 2.97. The van der Waals surface area contributed by atoms with Crippen LogP contribution >= 0.6 is 0 Å². The number of esters is 1. The molecule has 0 aromatic heterocycles. The minimum atomic E-state index is -0.933. The number of carbonyl (C=O) groups excluding carboxylic acids is 2. The van der Waals surface area contributed by atoms with Crippen molar-refractivity contribution >= 4 is 18.0 Å². The molecular formula is C22H25NO6. The standard InChI is InChI=1S/C22H25NO6/c1-15(22(25)23-14-16-5-8-18(26-2)9-6-16)29-21(24)12-7-17-13-19(27-3)10-11-20(17)28-4/h5-13,15H,14H2,1-4H3,(H,23,25)/b12-7+/t15-/m1/s1. The largest absolute Gasteiger partial charge is 0.497 e. The quantitative estimate of drug-likeness (QED) is 0.516. The van der Waals surface area contributed by atoms with E-state index in [4.69, 9.17) is 18.9 Å². The first-order chi connectivity index (χ1) is 14.0. The Balaban J connectivity index is 1.89. The van der Waals surface area contributed by atoms with E-state index in [0.717, 1.165) is 11.3 Å². The van der Waals surface area contributed by atoms with E-state index in [1.54, 1.807) is 38.5 Å². The SMILES string of the molecule is COc1ccc(CNC(=O)[C@@H](C)OC(=O)/C=C/c2cc(OC)ccc2OC)cc1. The minimum absolute atomic E-state index is 0.321. The van der Waals surface area contributed by atoms with Crippen LogP contribution in [0.5, 0.6) is 17.2 Å². The lowest BCUT2D eigenvalue weighted by Gasteiger charge is -2.12. The van der Waals surface area contributed by atoms with Gasteiger partial charge in [-0.05, 0) is 48.9 Å². The van der Waals surface area contributed by atoms with Gasteiger partial charge in [-0.25, -0.2) is 4.79 Å². The third-order valence-electron chi connectivity index (χ3n) is 4.12. The van der Waals surface area contributed by atoms with Crippen molar-refractivity contribution in [3.8, 4) is 17.2 Å². The zero-order valence-electron chi connectivity index (χ0n) is 16.9. The third-order valence-corrected chi connectivity index (χ3v) is 4.12. The summed E-state index contributed by atoms with van der Waals surface area (Å²) in [5.41, 5.74) is 1.56. The van der Waals surface area contributed by atoms with Gasteiger partial charge in [0.2, 0.25) is 0 Å². The Labute approximate surface area is 170 Å². The molecule has 0 bridgehead atoms. The first-order valence-corrected chi connectivity index (χ1v) is 8.98. The Morgan fingerprint density at radius 3 is 2.24 bits per heavy atom. The molecule has 29 heavy (non-hydrogen) atoms. The van der Waals surface area contributed by atoms with Crippen molar-refractivity contribution < 1.29 is 28.5 Å². The molecule has 0 fully saturated rings. The molecule has 2 rings (SSSR count). The summed E-state index contributed by atoms with van der Waals surface area (Å²) < 4.78 is 20.7. The first kappa shape index (κ1) is 21.8. The summed E-state index contributed by atoms with van der Waals surface area (Å²) in [5.74, 6) is 0.926. The van der Waals surface area contributed by atoms with Gasteiger partial charge in [-0.3, -0.25) is 4.79 Å². The van der Waals surface area contributed by atoms with Crippen LogP contribution in [-0.4, -0.2) is 39.3 Å². The molecule has 0 aliphatic carbocycles. The molecule has 0 aliphatic rings. The lowest BCUT2D eigenvalue weighted by atomic mass is 10.1. The number of ether oxygens (including phenoxy) is 4. The van der Waals surface area contributed by atoms with E-state index in [-0.39, 0.29) is 5.91 Å². The van der Waals surface area contributed by atoms with Gasteiger partial charge in [0.1, 0.15) is 17.2 Å². The highest BCUT2D eigenvalue weighted by atomic mass is 16.5. The predicted molar refractivity (Wildman–Crippen MR) is 109 cm³/mol. The van der Waals surface area contributed by atoms with Crippen LogP contribution in [0.3, 0.4) is 0 Å². The molecule has 0 unspecified atom stereocenters. The molecule has 0 radical (unpaired) electrons. The van der Waals surface area contributed by atoms with E-state index in [1.807, 2.05) is 24.3 Å². The van der Waals surface area contributed by atoms with Crippen LogP contribution in [0.25, 0.3) is 6.08 Å². The maximum atomic E-state index is 12.2. The van der Waals surface area contributed by atoms with Crippen molar-refractivity contribution in [1.29, 1.82) is 0 Å². The average molecular weight is 399 g/mol. The topological polar surface area (TPSA) is 83.1 Å². The number of carbonyl (C=O) groups is 2. The van der Waals surface area contributed by atoms with E-state index >= 15 is 0 Å². The summed E-state index contributed by atoms with van der Waals surface area (Å²) >= 11 is 0. The van der Waals surface area contributed by atoms with Crippen LogP contribution in [0, 0.1) is 0 Å². The highest BCUT2D eigenvalue weighted by Crippen LogP contribution is 2.25.